The molecule has 6 nitrogen and oxygen atoms in total. The van der Waals surface area contributed by atoms with Gasteiger partial charge in [0.2, 0.25) is 0 Å². The molecule has 2 N–H and O–H groups in total. The van der Waals surface area contributed by atoms with E-state index >= 15 is 0 Å². The third kappa shape index (κ3) is 3.01. The fourth-order valence-corrected chi connectivity index (χ4v) is 5.35. The summed E-state index contributed by atoms with van der Waals surface area (Å²) >= 11 is 0. The standard InChI is InChI=1S/C13H27N3O3S/c1-2-7-16(13(12-14)5-3-4-6-13)20(17,18)15-8-10-19-11-9-15/h2-12,14H2,1H3. The van der Waals surface area contributed by atoms with Crippen LogP contribution in [0.1, 0.15) is 39.0 Å². The normalized spacial score (nSPS) is 24.4. The van der Waals surface area contributed by atoms with Gasteiger partial charge in [-0.05, 0) is 19.3 Å². The Balaban J connectivity index is 2.26. The van der Waals surface area contributed by atoms with Crippen LogP contribution in [0.2, 0.25) is 0 Å². The van der Waals surface area contributed by atoms with Gasteiger partial charge in [-0.15, -0.1) is 0 Å². The second kappa shape index (κ2) is 6.70. The van der Waals surface area contributed by atoms with Gasteiger partial charge in [-0.2, -0.15) is 17.0 Å². The van der Waals surface area contributed by atoms with Gasteiger partial charge in [-0.3, -0.25) is 0 Å². The minimum atomic E-state index is -3.43. The molecular weight excluding hydrogens is 278 g/mol. The van der Waals surface area contributed by atoms with E-state index in [4.69, 9.17) is 10.5 Å². The number of nitrogens with zero attached hydrogens (tertiary/aromatic N) is 2. The molecule has 1 saturated carbocycles. The average Bonchev–Trinajstić information content (AvgIpc) is 2.95. The zero-order valence-electron chi connectivity index (χ0n) is 12.4. The highest BCUT2D eigenvalue weighted by molar-refractivity contribution is 7.86. The summed E-state index contributed by atoms with van der Waals surface area (Å²) in [6.07, 6.45) is 4.71. The summed E-state index contributed by atoms with van der Waals surface area (Å²) < 4.78 is 34.4. The van der Waals surface area contributed by atoms with Gasteiger partial charge in [0.1, 0.15) is 0 Å². The largest absolute Gasteiger partial charge is 0.379 e. The van der Waals surface area contributed by atoms with Gasteiger partial charge < -0.3 is 10.5 Å². The minimum absolute atomic E-state index is 0.368. The van der Waals surface area contributed by atoms with Gasteiger partial charge in [-0.1, -0.05) is 19.8 Å². The first-order valence-electron chi connectivity index (χ1n) is 7.62. The van der Waals surface area contributed by atoms with E-state index < -0.39 is 10.2 Å². The van der Waals surface area contributed by atoms with Crippen molar-refractivity contribution in [3.63, 3.8) is 0 Å². The lowest BCUT2D eigenvalue weighted by atomic mass is 9.98. The summed E-state index contributed by atoms with van der Waals surface area (Å²) in [5.74, 6) is 0. The van der Waals surface area contributed by atoms with Crippen LogP contribution < -0.4 is 5.73 Å². The quantitative estimate of drug-likeness (QED) is 0.777. The fourth-order valence-electron chi connectivity index (χ4n) is 3.31. The fraction of sp³-hybridized carbons (Fsp3) is 1.00. The van der Waals surface area contributed by atoms with Crippen LogP contribution in [0.5, 0.6) is 0 Å². The minimum Gasteiger partial charge on any atom is -0.379 e. The number of rotatable bonds is 6. The van der Waals surface area contributed by atoms with Gasteiger partial charge in [-0.25, -0.2) is 0 Å². The van der Waals surface area contributed by atoms with Crippen molar-refractivity contribution in [2.75, 3.05) is 39.4 Å². The molecule has 0 bridgehead atoms. The maximum absolute atomic E-state index is 13.0. The van der Waals surface area contributed by atoms with Crippen LogP contribution in [0.3, 0.4) is 0 Å². The highest BCUT2D eigenvalue weighted by atomic mass is 32.2. The molecule has 0 aromatic heterocycles. The molecule has 0 aromatic rings. The first-order valence-corrected chi connectivity index (χ1v) is 9.02. The van der Waals surface area contributed by atoms with Crippen LogP contribution in [-0.4, -0.2) is 62.0 Å². The molecule has 1 aliphatic heterocycles. The van der Waals surface area contributed by atoms with Crippen molar-refractivity contribution in [2.24, 2.45) is 5.73 Å². The van der Waals surface area contributed by atoms with E-state index in [1.807, 2.05) is 6.92 Å². The second-order valence-electron chi connectivity index (χ2n) is 5.73. The Morgan fingerprint density at radius 2 is 1.85 bits per heavy atom. The first kappa shape index (κ1) is 16.2. The molecule has 2 rings (SSSR count). The summed E-state index contributed by atoms with van der Waals surface area (Å²) in [6, 6.07) is 0. The molecule has 0 spiro atoms. The predicted molar refractivity (Wildman–Crippen MR) is 78.6 cm³/mol. The molecule has 2 aliphatic rings. The Bertz CT molecular complexity index is 401. The van der Waals surface area contributed by atoms with E-state index in [-0.39, 0.29) is 5.54 Å². The van der Waals surface area contributed by atoms with Crippen molar-refractivity contribution in [3.05, 3.63) is 0 Å². The number of hydrogen-bond donors (Lipinski definition) is 1. The van der Waals surface area contributed by atoms with Crippen molar-refractivity contribution in [1.82, 2.24) is 8.61 Å². The SMILES string of the molecule is CCCN(C1(CN)CCCC1)S(=O)(=O)N1CCOCC1. The van der Waals surface area contributed by atoms with Crippen molar-refractivity contribution in [3.8, 4) is 0 Å². The Hall–Kier alpha value is -0.210. The lowest BCUT2D eigenvalue weighted by molar-refractivity contribution is 0.0662. The van der Waals surface area contributed by atoms with E-state index in [2.05, 4.69) is 0 Å². The van der Waals surface area contributed by atoms with Crippen LogP contribution in [0.4, 0.5) is 0 Å². The Morgan fingerprint density at radius 1 is 1.25 bits per heavy atom. The van der Waals surface area contributed by atoms with E-state index in [1.54, 1.807) is 8.61 Å². The Kier molecular flexibility index (Phi) is 5.42. The predicted octanol–water partition coefficient (Wildman–Crippen LogP) is 0.547. The maximum atomic E-state index is 13.0. The van der Waals surface area contributed by atoms with Gasteiger partial charge in [0.05, 0.1) is 13.2 Å². The van der Waals surface area contributed by atoms with Gasteiger partial charge >= 0.3 is 0 Å². The van der Waals surface area contributed by atoms with Gasteiger partial charge in [0.25, 0.3) is 10.2 Å². The Morgan fingerprint density at radius 3 is 2.35 bits per heavy atom. The molecule has 0 unspecified atom stereocenters. The zero-order valence-corrected chi connectivity index (χ0v) is 13.2. The van der Waals surface area contributed by atoms with Crippen molar-refractivity contribution < 1.29 is 13.2 Å². The lowest BCUT2D eigenvalue weighted by Crippen LogP contribution is -2.59. The molecule has 0 amide bonds. The lowest BCUT2D eigenvalue weighted by Gasteiger charge is -2.42. The summed E-state index contributed by atoms with van der Waals surface area (Å²) in [5.41, 5.74) is 5.61. The molecule has 0 atom stereocenters. The molecule has 0 radical (unpaired) electrons. The molecule has 20 heavy (non-hydrogen) atoms. The highest BCUT2D eigenvalue weighted by Crippen LogP contribution is 2.37. The van der Waals surface area contributed by atoms with Crippen LogP contribution in [0.15, 0.2) is 0 Å². The van der Waals surface area contributed by atoms with Crippen LogP contribution in [-0.2, 0) is 14.9 Å². The van der Waals surface area contributed by atoms with E-state index in [0.717, 1.165) is 32.1 Å². The molecule has 1 aliphatic carbocycles. The van der Waals surface area contributed by atoms with Crippen molar-refractivity contribution in [1.29, 1.82) is 0 Å². The zero-order chi connectivity index (χ0) is 14.6. The number of morpholine rings is 1. The summed E-state index contributed by atoms with van der Waals surface area (Å²) in [7, 11) is -3.43. The molecule has 0 aromatic carbocycles. The van der Waals surface area contributed by atoms with Crippen LogP contribution in [0, 0.1) is 0 Å². The third-order valence-corrected chi connectivity index (χ3v) is 6.59. The monoisotopic (exact) mass is 305 g/mol. The molecule has 2 fully saturated rings. The molecule has 1 heterocycles. The third-order valence-electron chi connectivity index (χ3n) is 4.44. The molecule has 118 valence electrons. The van der Waals surface area contributed by atoms with Crippen LogP contribution in [0.25, 0.3) is 0 Å². The summed E-state index contributed by atoms with van der Waals surface area (Å²) in [5, 5.41) is 0. The Labute approximate surface area is 122 Å². The first-order chi connectivity index (χ1) is 9.57. The summed E-state index contributed by atoms with van der Waals surface area (Å²) in [4.78, 5) is 0. The molecule has 1 saturated heterocycles. The number of ether oxygens (including phenoxy) is 1. The second-order valence-corrected chi connectivity index (χ2v) is 7.58. The highest BCUT2D eigenvalue weighted by Gasteiger charge is 2.46. The van der Waals surface area contributed by atoms with E-state index in [0.29, 0.717) is 39.4 Å². The topological polar surface area (TPSA) is 75.9 Å². The van der Waals surface area contributed by atoms with E-state index in [9.17, 15) is 8.42 Å². The molecular formula is C13H27N3O3S. The average molecular weight is 305 g/mol. The van der Waals surface area contributed by atoms with Gasteiger partial charge in [0.15, 0.2) is 0 Å². The summed E-state index contributed by atoms with van der Waals surface area (Å²) in [6.45, 7) is 4.84. The van der Waals surface area contributed by atoms with Crippen molar-refractivity contribution >= 4 is 10.2 Å². The van der Waals surface area contributed by atoms with E-state index in [1.165, 1.54) is 0 Å². The van der Waals surface area contributed by atoms with Gasteiger partial charge in [0, 0.05) is 31.7 Å². The maximum Gasteiger partial charge on any atom is 0.282 e. The number of nitrogens with two attached hydrogens (primary N) is 1. The van der Waals surface area contributed by atoms with Crippen LogP contribution >= 0.6 is 0 Å². The number of hydrogen-bond acceptors (Lipinski definition) is 4. The van der Waals surface area contributed by atoms with Crippen molar-refractivity contribution in [2.45, 2.75) is 44.6 Å². The smallest absolute Gasteiger partial charge is 0.282 e. The molecule has 7 heteroatoms.